The Morgan fingerprint density at radius 1 is 1.50 bits per heavy atom. The van der Waals surface area contributed by atoms with Crippen LogP contribution in [0, 0.1) is 6.92 Å². The maximum atomic E-state index is 12.2. The molecule has 0 aliphatic carbocycles. The number of alkyl halides is 1. The molecule has 0 fully saturated rings. The Morgan fingerprint density at radius 3 is 2.81 bits per heavy atom. The summed E-state index contributed by atoms with van der Waals surface area (Å²) in [7, 11) is 0. The number of rotatable bonds is 5. The highest BCUT2D eigenvalue weighted by molar-refractivity contribution is 9.09. The van der Waals surface area contributed by atoms with Gasteiger partial charge in [-0.15, -0.1) is 0 Å². The first kappa shape index (κ1) is 13.2. The van der Waals surface area contributed by atoms with Gasteiger partial charge in [-0.1, -0.05) is 22.9 Å². The van der Waals surface area contributed by atoms with Crippen LogP contribution < -0.4 is 0 Å². The van der Waals surface area contributed by atoms with E-state index >= 15 is 0 Å². The van der Waals surface area contributed by atoms with E-state index in [1.165, 1.54) is 0 Å². The molecule has 88 valence electrons. The summed E-state index contributed by atoms with van der Waals surface area (Å²) in [5.74, 6) is 0.0758. The molecule has 0 radical (unpaired) electrons. The molecule has 0 saturated heterocycles. The van der Waals surface area contributed by atoms with Crippen molar-refractivity contribution in [3.63, 3.8) is 0 Å². The summed E-state index contributed by atoms with van der Waals surface area (Å²) in [6, 6.07) is 3.64. The first-order valence-corrected chi connectivity index (χ1v) is 6.59. The lowest BCUT2D eigenvalue weighted by Gasteiger charge is -2.21. The molecule has 1 amide bonds. The number of carbonyl (C=O) groups is 1. The van der Waals surface area contributed by atoms with Gasteiger partial charge in [0, 0.05) is 30.3 Å². The minimum absolute atomic E-state index is 0.0758. The van der Waals surface area contributed by atoms with Crippen LogP contribution in [-0.2, 0) is 0 Å². The normalized spacial score (nSPS) is 10.2. The van der Waals surface area contributed by atoms with Gasteiger partial charge in [0.25, 0.3) is 5.91 Å². The average Bonchev–Trinajstić information content (AvgIpc) is 2.28. The molecule has 0 aromatic carbocycles. The van der Waals surface area contributed by atoms with Crippen molar-refractivity contribution in [2.75, 3.05) is 18.4 Å². The molecule has 1 aromatic heterocycles. The fraction of sp³-hybridized carbons (Fsp3) is 0.500. The summed E-state index contributed by atoms with van der Waals surface area (Å²) in [6.45, 7) is 5.47. The summed E-state index contributed by atoms with van der Waals surface area (Å²) in [4.78, 5) is 18.2. The highest BCUT2D eigenvalue weighted by atomic mass is 79.9. The van der Waals surface area contributed by atoms with Crippen LogP contribution in [0.25, 0.3) is 0 Å². The van der Waals surface area contributed by atoms with Crippen LogP contribution in [0.4, 0.5) is 0 Å². The molecular formula is C12H17BrN2O. The highest BCUT2D eigenvalue weighted by Gasteiger charge is 2.16. The number of halogens is 1. The van der Waals surface area contributed by atoms with Crippen molar-refractivity contribution in [2.24, 2.45) is 0 Å². The van der Waals surface area contributed by atoms with Crippen LogP contribution in [0.1, 0.15) is 29.4 Å². The van der Waals surface area contributed by atoms with Crippen LogP contribution in [0.5, 0.6) is 0 Å². The Kier molecular flexibility index (Phi) is 5.46. The zero-order valence-corrected chi connectivity index (χ0v) is 11.3. The van der Waals surface area contributed by atoms with Crippen molar-refractivity contribution in [2.45, 2.75) is 20.3 Å². The molecule has 0 atom stereocenters. The van der Waals surface area contributed by atoms with Gasteiger partial charge in [0.15, 0.2) is 0 Å². The lowest BCUT2D eigenvalue weighted by atomic mass is 10.2. The van der Waals surface area contributed by atoms with Gasteiger partial charge in [-0.05, 0) is 25.5 Å². The van der Waals surface area contributed by atoms with E-state index in [0.29, 0.717) is 5.56 Å². The van der Waals surface area contributed by atoms with E-state index in [9.17, 15) is 4.79 Å². The van der Waals surface area contributed by atoms with Gasteiger partial charge in [-0.2, -0.15) is 0 Å². The second-order valence-electron chi connectivity index (χ2n) is 3.62. The lowest BCUT2D eigenvalue weighted by molar-refractivity contribution is 0.0765. The number of hydrogen-bond acceptors (Lipinski definition) is 2. The average molecular weight is 285 g/mol. The van der Waals surface area contributed by atoms with Gasteiger partial charge >= 0.3 is 0 Å². The molecule has 0 spiro atoms. The monoisotopic (exact) mass is 284 g/mol. The van der Waals surface area contributed by atoms with E-state index in [4.69, 9.17) is 0 Å². The molecule has 0 saturated carbocycles. The van der Waals surface area contributed by atoms with Crippen molar-refractivity contribution >= 4 is 21.8 Å². The second-order valence-corrected chi connectivity index (χ2v) is 4.41. The standard InChI is InChI=1S/C12H17BrN2O/c1-3-8-15(9-6-13)12(16)11-5-4-7-14-10(11)2/h4-5,7H,3,6,8-9H2,1-2H3. The predicted molar refractivity (Wildman–Crippen MR) is 69.0 cm³/mol. The number of amides is 1. The molecule has 1 aromatic rings. The molecule has 0 unspecified atom stereocenters. The van der Waals surface area contributed by atoms with E-state index in [0.717, 1.165) is 30.5 Å². The Bertz CT molecular complexity index is 349. The zero-order chi connectivity index (χ0) is 12.0. The minimum Gasteiger partial charge on any atom is -0.338 e. The lowest BCUT2D eigenvalue weighted by Crippen LogP contribution is -2.33. The number of aromatic nitrogens is 1. The van der Waals surface area contributed by atoms with Crippen LogP contribution in [0.3, 0.4) is 0 Å². The van der Waals surface area contributed by atoms with E-state index in [1.807, 2.05) is 17.9 Å². The number of aryl methyl sites for hydroxylation is 1. The minimum atomic E-state index is 0.0758. The van der Waals surface area contributed by atoms with Gasteiger partial charge in [0.05, 0.1) is 5.56 Å². The molecule has 1 rings (SSSR count). The molecule has 0 aliphatic rings. The Labute approximate surface area is 105 Å². The maximum absolute atomic E-state index is 12.2. The highest BCUT2D eigenvalue weighted by Crippen LogP contribution is 2.09. The van der Waals surface area contributed by atoms with Crippen LogP contribution in [0.2, 0.25) is 0 Å². The van der Waals surface area contributed by atoms with Crippen molar-refractivity contribution in [3.8, 4) is 0 Å². The van der Waals surface area contributed by atoms with E-state index < -0.39 is 0 Å². The Hall–Kier alpha value is -0.900. The van der Waals surface area contributed by atoms with Gasteiger partial charge in [0.2, 0.25) is 0 Å². The van der Waals surface area contributed by atoms with E-state index in [2.05, 4.69) is 27.8 Å². The number of hydrogen-bond donors (Lipinski definition) is 0. The van der Waals surface area contributed by atoms with Crippen LogP contribution >= 0.6 is 15.9 Å². The maximum Gasteiger partial charge on any atom is 0.255 e. The summed E-state index contributed by atoms with van der Waals surface area (Å²) >= 11 is 3.37. The van der Waals surface area contributed by atoms with Crippen molar-refractivity contribution in [3.05, 3.63) is 29.6 Å². The third-order valence-electron chi connectivity index (χ3n) is 2.37. The SMILES string of the molecule is CCCN(CCBr)C(=O)c1cccnc1C. The summed E-state index contributed by atoms with van der Waals surface area (Å²) in [5, 5.41) is 0.804. The Balaban J connectivity index is 2.85. The molecule has 0 N–H and O–H groups in total. The smallest absolute Gasteiger partial charge is 0.255 e. The molecule has 3 nitrogen and oxygen atoms in total. The van der Waals surface area contributed by atoms with Crippen molar-refractivity contribution in [1.29, 1.82) is 0 Å². The first-order valence-electron chi connectivity index (χ1n) is 5.47. The van der Waals surface area contributed by atoms with Gasteiger partial charge < -0.3 is 4.90 Å². The van der Waals surface area contributed by atoms with E-state index in [1.54, 1.807) is 12.3 Å². The van der Waals surface area contributed by atoms with Crippen molar-refractivity contribution < 1.29 is 4.79 Å². The fourth-order valence-corrected chi connectivity index (χ4v) is 2.00. The number of nitrogens with zero attached hydrogens (tertiary/aromatic N) is 2. The molecule has 16 heavy (non-hydrogen) atoms. The predicted octanol–water partition coefficient (Wildman–Crippen LogP) is 2.64. The number of pyridine rings is 1. The topological polar surface area (TPSA) is 33.2 Å². The molecule has 0 bridgehead atoms. The molecule has 0 aliphatic heterocycles. The summed E-state index contributed by atoms with van der Waals surface area (Å²) in [6.07, 6.45) is 2.68. The third-order valence-corrected chi connectivity index (χ3v) is 2.73. The van der Waals surface area contributed by atoms with Gasteiger partial charge in [-0.25, -0.2) is 0 Å². The number of carbonyl (C=O) groups excluding carboxylic acids is 1. The summed E-state index contributed by atoms with van der Waals surface area (Å²) in [5.41, 5.74) is 1.50. The largest absolute Gasteiger partial charge is 0.338 e. The Morgan fingerprint density at radius 2 is 2.25 bits per heavy atom. The van der Waals surface area contributed by atoms with Crippen LogP contribution in [-0.4, -0.2) is 34.2 Å². The third kappa shape index (κ3) is 3.30. The second kappa shape index (κ2) is 6.63. The molecular weight excluding hydrogens is 268 g/mol. The van der Waals surface area contributed by atoms with Gasteiger partial charge in [-0.3, -0.25) is 9.78 Å². The molecule has 1 heterocycles. The first-order chi connectivity index (χ1) is 7.70. The fourth-order valence-electron chi connectivity index (χ4n) is 1.57. The van der Waals surface area contributed by atoms with Crippen molar-refractivity contribution in [1.82, 2.24) is 9.88 Å². The summed E-state index contributed by atoms with van der Waals surface area (Å²) < 4.78 is 0. The molecule has 4 heteroatoms. The van der Waals surface area contributed by atoms with Gasteiger partial charge in [0.1, 0.15) is 0 Å². The van der Waals surface area contributed by atoms with E-state index in [-0.39, 0.29) is 5.91 Å². The van der Waals surface area contributed by atoms with Crippen LogP contribution in [0.15, 0.2) is 18.3 Å². The quantitative estimate of drug-likeness (QED) is 0.779. The zero-order valence-electron chi connectivity index (χ0n) is 9.74.